The zero-order valence-corrected chi connectivity index (χ0v) is 51.3. The van der Waals surface area contributed by atoms with Gasteiger partial charge in [-0.1, -0.05) is 104 Å². The summed E-state index contributed by atoms with van der Waals surface area (Å²) in [6, 6.07) is 19.1. The number of aromatic nitrogens is 4. The van der Waals surface area contributed by atoms with E-state index in [1.54, 1.807) is 0 Å². The fourth-order valence-corrected chi connectivity index (χ4v) is 11.3. The number of rotatable bonds is 16. The minimum Gasteiger partial charge on any atom is -0.376 e. The molecule has 8 atom stereocenters. The number of nitrogens with zero attached hydrogens (tertiary/aromatic N) is 8. The van der Waals surface area contributed by atoms with E-state index in [-0.39, 0.29) is 48.6 Å². The minimum atomic E-state index is -0.000943. The largest absolute Gasteiger partial charge is 0.376 e. The monoisotopic (exact) mass is 1150 g/mol. The van der Waals surface area contributed by atoms with Gasteiger partial charge in [0, 0.05) is 75.8 Å². The predicted molar refractivity (Wildman–Crippen MR) is 312 cm³/mol. The molecule has 3 heterocycles. The van der Waals surface area contributed by atoms with Gasteiger partial charge in [0.25, 0.3) is 0 Å². The molecule has 0 radical (unpaired) electrons. The molecule has 12 nitrogen and oxygen atoms in total. The fraction of sp³-hybridized carbons (Fsp3) is 0.700. The molecule has 1 aliphatic rings. The van der Waals surface area contributed by atoms with Gasteiger partial charge in [0.1, 0.15) is 9.21 Å². The maximum absolute atomic E-state index is 7.18. The van der Waals surface area contributed by atoms with Crippen LogP contribution < -0.4 is 0 Å². The molecule has 2 aromatic carbocycles. The average molecular weight is 1160 g/mol. The van der Waals surface area contributed by atoms with E-state index in [0.29, 0.717) is 50.1 Å². The minimum absolute atomic E-state index is 0.000943. The van der Waals surface area contributed by atoms with E-state index in [2.05, 4.69) is 217 Å². The maximum atomic E-state index is 7.18. The van der Waals surface area contributed by atoms with Crippen molar-refractivity contribution in [3.8, 4) is 0 Å². The van der Waals surface area contributed by atoms with Crippen LogP contribution in [-0.2, 0) is 44.9 Å². The Bertz CT molecular complexity index is 1970. The third-order valence-electron chi connectivity index (χ3n) is 14.6. The lowest BCUT2D eigenvalue weighted by Crippen LogP contribution is -2.47. The van der Waals surface area contributed by atoms with Crippen molar-refractivity contribution in [2.24, 2.45) is 23.7 Å². The van der Waals surface area contributed by atoms with Crippen molar-refractivity contribution in [2.75, 3.05) is 80.8 Å². The van der Waals surface area contributed by atoms with Gasteiger partial charge in [-0.05, 0) is 158 Å². The molecular formula is C60H98Br2N8O4. The number of halogens is 2. The molecule has 416 valence electrons. The molecule has 0 saturated carbocycles. The van der Waals surface area contributed by atoms with Crippen molar-refractivity contribution < 1.29 is 18.9 Å². The van der Waals surface area contributed by atoms with Crippen LogP contribution >= 0.6 is 31.9 Å². The van der Waals surface area contributed by atoms with Crippen molar-refractivity contribution in [3.63, 3.8) is 0 Å². The Labute approximate surface area is 465 Å². The van der Waals surface area contributed by atoms with E-state index in [1.807, 2.05) is 25.0 Å². The second kappa shape index (κ2) is 31.8. The van der Waals surface area contributed by atoms with Crippen molar-refractivity contribution >= 4 is 31.9 Å². The summed E-state index contributed by atoms with van der Waals surface area (Å²) in [6.45, 7) is 30.6. The molecule has 5 rings (SSSR count). The van der Waals surface area contributed by atoms with Crippen LogP contribution in [0.4, 0.5) is 0 Å². The summed E-state index contributed by atoms with van der Waals surface area (Å²) >= 11 is 6.99. The lowest BCUT2D eigenvalue weighted by atomic mass is 10.0. The zero-order chi connectivity index (χ0) is 53.9. The zero-order valence-electron chi connectivity index (χ0n) is 48.1. The molecule has 0 N–H and O–H groups in total. The highest BCUT2D eigenvalue weighted by atomic mass is 79.9. The van der Waals surface area contributed by atoms with Gasteiger partial charge in [-0.3, -0.25) is 19.6 Å². The van der Waals surface area contributed by atoms with Crippen LogP contribution in [0.3, 0.4) is 0 Å². The first-order valence-corrected chi connectivity index (χ1v) is 29.5. The Morgan fingerprint density at radius 2 is 0.730 bits per heavy atom. The summed E-state index contributed by atoms with van der Waals surface area (Å²) in [5.41, 5.74) is 5.07. The van der Waals surface area contributed by atoms with E-state index in [0.717, 1.165) is 87.0 Å². The third-order valence-corrected chi connectivity index (χ3v) is 15.5. The van der Waals surface area contributed by atoms with Crippen molar-refractivity contribution in [1.29, 1.82) is 0 Å². The summed E-state index contributed by atoms with van der Waals surface area (Å²) in [6.07, 6.45) is 13.7. The van der Waals surface area contributed by atoms with E-state index in [1.165, 1.54) is 22.3 Å². The third kappa shape index (κ3) is 22.8. The smallest absolute Gasteiger partial charge is 0.124 e. The molecular weight excluding hydrogens is 1060 g/mol. The molecule has 0 unspecified atom stereocenters. The molecule has 4 aromatic rings. The Hall–Kier alpha value is -2.50. The Kier molecular flexibility index (Phi) is 26.8. The highest BCUT2D eigenvalue weighted by molar-refractivity contribution is 9.10. The number of likely N-dealkylation sites (N-methyl/N-ethyl adjacent to an activating group) is 4. The van der Waals surface area contributed by atoms with Gasteiger partial charge in [0.05, 0.1) is 63.5 Å². The SMILES string of the molecule is CC(C)C[C@H]1CO[C@H](C)CN(C)[C@@H](CC(C)C)CO[C@H](Cc2ccc(Cn3cnc(Br)c3)cc2)CN(C)[C@@H](CC(C)C)CO[C@H](C)CN(C)[C@@H](CC(C)C)CO[C@H](Cc2ccc(Cn3cnc(Br)c3)cc2)CN1C. The van der Waals surface area contributed by atoms with Crippen molar-refractivity contribution in [2.45, 2.75) is 169 Å². The fourth-order valence-electron chi connectivity index (χ4n) is 10.6. The van der Waals surface area contributed by atoms with E-state index in [4.69, 9.17) is 18.9 Å². The lowest BCUT2D eigenvalue weighted by molar-refractivity contribution is -0.0536. The van der Waals surface area contributed by atoms with Crippen molar-refractivity contribution in [3.05, 3.63) is 105 Å². The molecule has 1 saturated heterocycles. The molecule has 0 aliphatic carbocycles. The number of benzene rings is 2. The first-order valence-electron chi connectivity index (χ1n) is 27.9. The molecule has 0 spiro atoms. The Morgan fingerprint density at radius 1 is 0.446 bits per heavy atom. The van der Waals surface area contributed by atoms with Gasteiger partial charge in [-0.15, -0.1) is 0 Å². The van der Waals surface area contributed by atoms with Gasteiger partial charge >= 0.3 is 0 Å². The average Bonchev–Trinajstić information content (AvgIpc) is 3.94. The quantitative estimate of drug-likeness (QED) is 0.108. The highest BCUT2D eigenvalue weighted by Gasteiger charge is 2.29. The van der Waals surface area contributed by atoms with Gasteiger partial charge in [0.15, 0.2) is 0 Å². The summed E-state index contributed by atoms with van der Waals surface area (Å²) < 4.78 is 34.0. The molecule has 14 heteroatoms. The molecule has 74 heavy (non-hydrogen) atoms. The number of hydrogen-bond acceptors (Lipinski definition) is 10. The summed E-state index contributed by atoms with van der Waals surface area (Å²) in [5.74, 6) is 2.09. The van der Waals surface area contributed by atoms with Crippen LogP contribution in [0.2, 0.25) is 0 Å². The van der Waals surface area contributed by atoms with Gasteiger partial charge in [-0.25, -0.2) is 9.97 Å². The van der Waals surface area contributed by atoms with Crippen LogP contribution in [0.25, 0.3) is 0 Å². The standard InChI is InChI=1S/C60H98Br2N8O4/c1-43(2)23-53-37-71-47(9)29-65(11)56(26-46(7)8)40-74-58(28-50-17-21-52(22-18-50)32-70-36-60(62)64-42-70)34-68(14)54(24-44(3)4)38-72-48(10)30-66(12)55(25-45(5)6)39-73-57(33-67(53)13)27-49-15-19-51(20-16-49)31-69-35-59(61)63-41-69/h15-22,35-36,41-48,53-58H,23-34,37-40H2,1-14H3/t47-,48-,53+,54+,55+,56+,57-,58-/m1/s1. The molecule has 1 aliphatic heterocycles. The summed E-state index contributed by atoms with van der Waals surface area (Å²) in [5, 5.41) is 0. The number of imidazole rings is 2. The first-order chi connectivity index (χ1) is 35.2. The van der Waals surface area contributed by atoms with Crippen LogP contribution in [0.1, 0.15) is 117 Å². The Morgan fingerprint density at radius 3 is 1.01 bits per heavy atom. The summed E-state index contributed by atoms with van der Waals surface area (Å²) in [7, 11) is 9.09. The van der Waals surface area contributed by atoms with E-state index in [9.17, 15) is 0 Å². The lowest BCUT2D eigenvalue weighted by Gasteiger charge is -2.37. The predicted octanol–water partition coefficient (Wildman–Crippen LogP) is 11.5. The van der Waals surface area contributed by atoms with Crippen LogP contribution in [0, 0.1) is 23.7 Å². The second-order valence-corrected chi connectivity index (χ2v) is 25.5. The highest BCUT2D eigenvalue weighted by Crippen LogP contribution is 2.23. The molecule has 1 fully saturated rings. The number of hydrogen-bond donors (Lipinski definition) is 0. The van der Waals surface area contributed by atoms with E-state index < -0.39 is 0 Å². The topological polar surface area (TPSA) is 85.5 Å². The van der Waals surface area contributed by atoms with Crippen LogP contribution in [0.15, 0.2) is 82.8 Å². The van der Waals surface area contributed by atoms with Crippen molar-refractivity contribution in [1.82, 2.24) is 38.7 Å². The normalized spacial score (nSPS) is 25.4. The molecule has 0 bridgehead atoms. The first kappa shape index (κ1) is 62.3. The summed E-state index contributed by atoms with van der Waals surface area (Å²) in [4.78, 5) is 18.7. The van der Waals surface area contributed by atoms with Gasteiger partial charge < -0.3 is 28.1 Å². The van der Waals surface area contributed by atoms with Gasteiger partial charge in [-0.2, -0.15) is 0 Å². The Balaban J connectivity index is 1.40. The number of ether oxygens (including phenoxy) is 4. The second-order valence-electron chi connectivity index (χ2n) is 23.9. The van der Waals surface area contributed by atoms with Gasteiger partial charge in [0.2, 0.25) is 0 Å². The molecule has 2 aromatic heterocycles. The van der Waals surface area contributed by atoms with Crippen LogP contribution in [-0.4, -0.2) is 168 Å². The van der Waals surface area contributed by atoms with Crippen LogP contribution in [0.5, 0.6) is 0 Å². The van der Waals surface area contributed by atoms with E-state index >= 15 is 0 Å². The molecule has 0 amide bonds. The maximum Gasteiger partial charge on any atom is 0.124 e.